The van der Waals surface area contributed by atoms with E-state index in [1.807, 2.05) is 39.2 Å². The second-order valence-electron chi connectivity index (χ2n) is 7.56. The van der Waals surface area contributed by atoms with Gasteiger partial charge in [-0.05, 0) is 49.4 Å². The van der Waals surface area contributed by atoms with Gasteiger partial charge in [0, 0.05) is 61.7 Å². The van der Waals surface area contributed by atoms with E-state index in [1.54, 1.807) is 0 Å². The molecule has 0 atom stereocenters. The molecule has 0 radical (unpaired) electrons. The van der Waals surface area contributed by atoms with Crippen molar-refractivity contribution in [3.8, 4) is 0 Å². The van der Waals surface area contributed by atoms with E-state index in [0.717, 1.165) is 54.9 Å². The van der Waals surface area contributed by atoms with Gasteiger partial charge in [-0.3, -0.25) is 0 Å². The SMILES string of the molecule is Cc1cc(Nc2ccc(N3CCOCC3)cc2)nc(Nc2cccc(N(C)C)c2)n1. The Bertz CT molecular complexity index is 983. The monoisotopic (exact) mass is 404 g/mol. The molecule has 0 unspecified atom stereocenters. The van der Waals surface area contributed by atoms with Gasteiger partial charge in [-0.15, -0.1) is 0 Å². The van der Waals surface area contributed by atoms with E-state index in [2.05, 4.69) is 66.8 Å². The summed E-state index contributed by atoms with van der Waals surface area (Å²) in [4.78, 5) is 13.6. The summed E-state index contributed by atoms with van der Waals surface area (Å²) in [5.74, 6) is 1.33. The molecule has 0 spiro atoms. The molecule has 2 N–H and O–H groups in total. The molecule has 1 aliphatic rings. The second kappa shape index (κ2) is 9.00. The average molecular weight is 405 g/mol. The summed E-state index contributed by atoms with van der Waals surface area (Å²) in [5.41, 5.74) is 5.17. The van der Waals surface area contributed by atoms with Crippen LogP contribution in [0.15, 0.2) is 54.6 Å². The Kier molecular flexibility index (Phi) is 5.99. The number of rotatable bonds is 6. The predicted molar refractivity (Wildman–Crippen MR) is 124 cm³/mol. The Morgan fingerprint density at radius 1 is 0.900 bits per heavy atom. The number of nitrogens with zero attached hydrogens (tertiary/aromatic N) is 4. The number of benzene rings is 2. The van der Waals surface area contributed by atoms with Crippen LogP contribution in [0.3, 0.4) is 0 Å². The molecule has 7 heteroatoms. The van der Waals surface area contributed by atoms with E-state index >= 15 is 0 Å². The molecule has 1 saturated heterocycles. The van der Waals surface area contributed by atoms with E-state index in [4.69, 9.17) is 4.74 Å². The predicted octanol–water partition coefficient (Wildman–Crippen LogP) is 4.17. The quantitative estimate of drug-likeness (QED) is 0.639. The fourth-order valence-corrected chi connectivity index (χ4v) is 3.40. The number of morpholine rings is 1. The Morgan fingerprint density at radius 2 is 1.67 bits per heavy atom. The zero-order valence-corrected chi connectivity index (χ0v) is 17.7. The van der Waals surface area contributed by atoms with Crippen molar-refractivity contribution >= 4 is 34.5 Å². The Labute approximate surface area is 177 Å². The number of hydrogen-bond acceptors (Lipinski definition) is 7. The van der Waals surface area contributed by atoms with Crippen LogP contribution in [-0.4, -0.2) is 50.4 Å². The van der Waals surface area contributed by atoms with Crippen molar-refractivity contribution < 1.29 is 4.74 Å². The molecule has 0 aliphatic carbocycles. The highest BCUT2D eigenvalue weighted by Gasteiger charge is 2.11. The lowest BCUT2D eigenvalue weighted by Gasteiger charge is -2.28. The Morgan fingerprint density at radius 3 is 2.40 bits per heavy atom. The molecule has 0 amide bonds. The molecule has 1 aliphatic heterocycles. The first-order valence-corrected chi connectivity index (χ1v) is 10.2. The molecule has 3 aromatic rings. The van der Waals surface area contributed by atoms with Crippen LogP contribution in [0.25, 0.3) is 0 Å². The van der Waals surface area contributed by atoms with Crippen LogP contribution in [0, 0.1) is 6.92 Å². The maximum Gasteiger partial charge on any atom is 0.229 e. The van der Waals surface area contributed by atoms with Crippen LogP contribution >= 0.6 is 0 Å². The Balaban J connectivity index is 1.47. The zero-order valence-electron chi connectivity index (χ0n) is 17.7. The zero-order chi connectivity index (χ0) is 20.9. The van der Waals surface area contributed by atoms with Crippen molar-refractivity contribution in [1.82, 2.24) is 9.97 Å². The molecule has 7 nitrogen and oxygen atoms in total. The molecule has 0 bridgehead atoms. The summed E-state index contributed by atoms with van der Waals surface area (Å²) in [6, 6.07) is 18.5. The van der Waals surface area contributed by atoms with Crippen LogP contribution < -0.4 is 20.4 Å². The lowest BCUT2D eigenvalue weighted by atomic mass is 10.2. The number of nitrogens with one attached hydrogen (secondary N) is 2. The summed E-state index contributed by atoms with van der Waals surface area (Å²) in [7, 11) is 4.04. The molecule has 2 aromatic carbocycles. The van der Waals surface area contributed by atoms with E-state index in [0.29, 0.717) is 5.95 Å². The van der Waals surface area contributed by atoms with Crippen molar-refractivity contribution in [1.29, 1.82) is 0 Å². The highest BCUT2D eigenvalue weighted by atomic mass is 16.5. The minimum absolute atomic E-state index is 0.568. The highest BCUT2D eigenvalue weighted by Crippen LogP contribution is 2.24. The van der Waals surface area contributed by atoms with Crippen molar-refractivity contribution in [2.45, 2.75) is 6.92 Å². The summed E-state index contributed by atoms with van der Waals surface area (Å²) in [5, 5.41) is 6.70. The minimum atomic E-state index is 0.568. The molecule has 1 fully saturated rings. The van der Waals surface area contributed by atoms with Crippen LogP contribution in [0.1, 0.15) is 5.69 Å². The summed E-state index contributed by atoms with van der Waals surface area (Å²) >= 11 is 0. The molecule has 30 heavy (non-hydrogen) atoms. The number of ether oxygens (including phenoxy) is 1. The second-order valence-corrected chi connectivity index (χ2v) is 7.56. The fraction of sp³-hybridized carbons (Fsp3) is 0.304. The average Bonchev–Trinajstić information content (AvgIpc) is 2.75. The van der Waals surface area contributed by atoms with Crippen LogP contribution in [-0.2, 0) is 4.74 Å². The molecule has 156 valence electrons. The van der Waals surface area contributed by atoms with Gasteiger partial charge < -0.3 is 25.2 Å². The van der Waals surface area contributed by atoms with Gasteiger partial charge in [-0.25, -0.2) is 4.98 Å². The van der Waals surface area contributed by atoms with Crippen molar-refractivity contribution in [2.24, 2.45) is 0 Å². The number of aromatic nitrogens is 2. The third-order valence-corrected chi connectivity index (χ3v) is 4.99. The van der Waals surface area contributed by atoms with E-state index in [1.165, 1.54) is 5.69 Å². The normalized spacial score (nSPS) is 13.8. The Hall–Kier alpha value is -3.32. The van der Waals surface area contributed by atoms with Gasteiger partial charge in [0.2, 0.25) is 5.95 Å². The van der Waals surface area contributed by atoms with Crippen molar-refractivity contribution in [3.05, 3.63) is 60.3 Å². The van der Waals surface area contributed by atoms with Crippen molar-refractivity contribution in [2.75, 3.05) is 60.8 Å². The third kappa shape index (κ3) is 4.99. The molecule has 0 saturated carbocycles. The van der Waals surface area contributed by atoms with Gasteiger partial charge in [0.25, 0.3) is 0 Å². The van der Waals surface area contributed by atoms with Gasteiger partial charge in [0.05, 0.1) is 13.2 Å². The van der Waals surface area contributed by atoms with Gasteiger partial charge in [0.15, 0.2) is 0 Å². The fourth-order valence-electron chi connectivity index (χ4n) is 3.40. The smallest absolute Gasteiger partial charge is 0.229 e. The van der Waals surface area contributed by atoms with Crippen molar-refractivity contribution in [3.63, 3.8) is 0 Å². The number of aryl methyl sites for hydroxylation is 1. The van der Waals surface area contributed by atoms with E-state index in [-0.39, 0.29) is 0 Å². The maximum absolute atomic E-state index is 5.43. The standard InChI is InChI=1S/C23H28N6O/c1-17-15-22(25-18-7-9-20(10-8-18)29-11-13-30-14-12-29)27-23(24-17)26-19-5-4-6-21(16-19)28(2)3/h4-10,15-16H,11-14H2,1-3H3,(H2,24,25,26,27). The molecular formula is C23H28N6O. The van der Waals surface area contributed by atoms with E-state index in [9.17, 15) is 0 Å². The topological polar surface area (TPSA) is 65.6 Å². The first kappa shape index (κ1) is 20.0. The molecule has 4 rings (SSSR count). The van der Waals surface area contributed by atoms with E-state index < -0.39 is 0 Å². The third-order valence-electron chi connectivity index (χ3n) is 4.99. The van der Waals surface area contributed by atoms with Crippen LogP contribution in [0.2, 0.25) is 0 Å². The highest BCUT2D eigenvalue weighted by molar-refractivity contribution is 5.65. The van der Waals surface area contributed by atoms with Crippen LogP contribution in [0.4, 0.5) is 34.5 Å². The van der Waals surface area contributed by atoms with Gasteiger partial charge in [-0.1, -0.05) is 6.07 Å². The summed E-state index contributed by atoms with van der Waals surface area (Å²) in [6.07, 6.45) is 0. The lowest BCUT2D eigenvalue weighted by molar-refractivity contribution is 0.122. The summed E-state index contributed by atoms with van der Waals surface area (Å²) in [6.45, 7) is 5.40. The summed E-state index contributed by atoms with van der Waals surface area (Å²) < 4.78 is 5.43. The minimum Gasteiger partial charge on any atom is -0.378 e. The molecule has 2 heterocycles. The van der Waals surface area contributed by atoms with Crippen LogP contribution in [0.5, 0.6) is 0 Å². The van der Waals surface area contributed by atoms with Gasteiger partial charge >= 0.3 is 0 Å². The number of anilines is 6. The lowest BCUT2D eigenvalue weighted by Crippen LogP contribution is -2.36. The largest absolute Gasteiger partial charge is 0.378 e. The molecule has 1 aromatic heterocycles. The first-order valence-electron chi connectivity index (χ1n) is 10.2. The van der Waals surface area contributed by atoms with Gasteiger partial charge in [-0.2, -0.15) is 4.98 Å². The first-order chi connectivity index (χ1) is 14.6. The maximum atomic E-state index is 5.43. The number of hydrogen-bond donors (Lipinski definition) is 2. The molecular weight excluding hydrogens is 376 g/mol. The van der Waals surface area contributed by atoms with Gasteiger partial charge in [0.1, 0.15) is 5.82 Å².